The number of methoxy groups -OCH3 is 1. The van der Waals surface area contributed by atoms with Crippen LogP contribution in [0.5, 0.6) is 5.75 Å². The van der Waals surface area contributed by atoms with Gasteiger partial charge in [0, 0.05) is 17.0 Å². The molecule has 0 saturated heterocycles. The fraction of sp³-hybridized carbons (Fsp3) is 0.238. The van der Waals surface area contributed by atoms with Gasteiger partial charge in [0.1, 0.15) is 17.1 Å². The molecule has 27 heavy (non-hydrogen) atoms. The molecule has 2 aromatic heterocycles. The number of hydrogen-bond donors (Lipinski definition) is 0. The van der Waals surface area contributed by atoms with E-state index in [9.17, 15) is 9.59 Å². The zero-order valence-corrected chi connectivity index (χ0v) is 15.5. The second-order valence-corrected chi connectivity index (χ2v) is 6.15. The number of ether oxygens (including phenoxy) is 2. The van der Waals surface area contributed by atoms with Crippen LogP contribution in [0, 0.1) is 13.8 Å². The van der Waals surface area contributed by atoms with Crippen molar-refractivity contribution in [1.82, 2.24) is 4.57 Å². The molecule has 3 aromatic rings. The van der Waals surface area contributed by atoms with Gasteiger partial charge in [-0.2, -0.15) is 0 Å². The summed E-state index contributed by atoms with van der Waals surface area (Å²) in [5.74, 6) is 0.368. The summed E-state index contributed by atoms with van der Waals surface area (Å²) in [4.78, 5) is 24.8. The molecule has 3 rings (SSSR count). The van der Waals surface area contributed by atoms with Crippen molar-refractivity contribution in [3.63, 3.8) is 0 Å². The van der Waals surface area contributed by atoms with Gasteiger partial charge in [-0.15, -0.1) is 0 Å². The zero-order chi connectivity index (χ0) is 19.4. The largest absolute Gasteiger partial charge is 0.496 e. The van der Waals surface area contributed by atoms with Crippen LogP contribution >= 0.6 is 0 Å². The Balaban J connectivity index is 1.70. The fourth-order valence-electron chi connectivity index (χ4n) is 2.98. The number of carbonyl (C=O) groups excluding carboxylic acids is 2. The molecule has 0 N–H and O–H groups in total. The number of nitrogens with zero attached hydrogens (tertiary/aromatic N) is 1. The third-order valence-corrected chi connectivity index (χ3v) is 4.43. The number of para-hydroxylation sites is 1. The van der Waals surface area contributed by atoms with Gasteiger partial charge in [0.05, 0.1) is 19.9 Å². The maximum atomic E-state index is 12.6. The van der Waals surface area contributed by atoms with Gasteiger partial charge in [0.15, 0.2) is 6.61 Å². The molecular weight excluding hydrogens is 346 g/mol. The second kappa shape index (κ2) is 7.95. The lowest BCUT2D eigenvalue weighted by Gasteiger charge is -2.09. The van der Waals surface area contributed by atoms with Crippen LogP contribution < -0.4 is 4.74 Å². The first-order valence-corrected chi connectivity index (χ1v) is 8.53. The van der Waals surface area contributed by atoms with Crippen molar-refractivity contribution in [3.8, 4) is 5.75 Å². The number of carbonyl (C=O) groups is 2. The van der Waals surface area contributed by atoms with E-state index in [1.807, 2.05) is 30.5 Å². The monoisotopic (exact) mass is 367 g/mol. The topological polar surface area (TPSA) is 70.7 Å². The van der Waals surface area contributed by atoms with Crippen molar-refractivity contribution < 1.29 is 23.5 Å². The first-order valence-electron chi connectivity index (χ1n) is 8.53. The number of rotatable bonds is 7. The molecule has 0 spiro atoms. The minimum Gasteiger partial charge on any atom is -0.496 e. The van der Waals surface area contributed by atoms with E-state index in [2.05, 4.69) is 0 Å². The summed E-state index contributed by atoms with van der Waals surface area (Å²) in [6.07, 6.45) is 1.62. The molecule has 0 aliphatic heterocycles. The number of Topliss-reactive ketones (excluding diaryl/α,β-unsaturated/α-hetero) is 1. The van der Waals surface area contributed by atoms with Crippen LogP contribution in [-0.4, -0.2) is 30.0 Å². The maximum absolute atomic E-state index is 12.6. The highest BCUT2D eigenvalue weighted by Crippen LogP contribution is 2.20. The van der Waals surface area contributed by atoms with Crippen LogP contribution in [0.25, 0.3) is 0 Å². The molecule has 0 fully saturated rings. The Kier molecular flexibility index (Phi) is 5.45. The van der Waals surface area contributed by atoms with Gasteiger partial charge in [0.2, 0.25) is 5.78 Å². The first kappa shape index (κ1) is 18.5. The molecule has 1 aromatic carbocycles. The number of hydrogen-bond acceptors (Lipinski definition) is 5. The second-order valence-electron chi connectivity index (χ2n) is 6.15. The minimum absolute atomic E-state index is 0.253. The van der Waals surface area contributed by atoms with Crippen molar-refractivity contribution in [1.29, 1.82) is 0 Å². The Morgan fingerprint density at radius 2 is 1.85 bits per heavy atom. The lowest BCUT2D eigenvalue weighted by Crippen LogP contribution is -2.15. The lowest BCUT2D eigenvalue weighted by molar-refractivity contribution is 0.0471. The number of aromatic nitrogens is 1. The standard InChI is InChI=1S/C21H21NO5/c1-14-11-18(15(2)22(14)12-16-7-6-10-26-16)19(23)13-27-21(24)17-8-4-5-9-20(17)25-3/h4-11H,12-13H2,1-3H3. The molecule has 0 atom stereocenters. The number of benzene rings is 1. The third-order valence-electron chi connectivity index (χ3n) is 4.43. The van der Waals surface area contributed by atoms with Crippen molar-refractivity contribution in [2.24, 2.45) is 0 Å². The Bertz CT molecular complexity index is 953. The normalized spacial score (nSPS) is 10.6. The zero-order valence-electron chi connectivity index (χ0n) is 15.5. The SMILES string of the molecule is COc1ccccc1C(=O)OCC(=O)c1cc(C)n(Cc2ccco2)c1C. The van der Waals surface area contributed by atoms with Crippen molar-refractivity contribution in [2.75, 3.05) is 13.7 Å². The molecule has 0 aliphatic carbocycles. The van der Waals surface area contributed by atoms with E-state index in [0.29, 0.717) is 17.9 Å². The summed E-state index contributed by atoms with van der Waals surface area (Å²) >= 11 is 0. The average molecular weight is 367 g/mol. The van der Waals surface area contributed by atoms with Gasteiger partial charge in [-0.3, -0.25) is 4.79 Å². The minimum atomic E-state index is -0.592. The first-order chi connectivity index (χ1) is 13.0. The van der Waals surface area contributed by atoms with Crippen molar-refractivity contribution in [3.05, 3.63) is 77.0 Å². The Morgan fingerprint density at radius 1 is 1.07 bits per heavy atom. The van der Waals surface area contributed by atoms with E-state index in [1.54, 1.807) is 36.6 Å². The molecule has 0 unspecified atom stereocenters. The van der Waals surface area contributed by atoms with Crippen LogP contribution in [0.15, 0.2) is 53.1 Å². The molecule has 0 radical (unpaired) electrons. The molecule has 0 bridgehead atoms. The van der Waals surface area contributed by atoms with Crippen LogP contribution in [0.1, 0.15) is 37.9 Å². The molecule has 140 valence electrons. The van der Waals surface area contributed by atoms with E-state index >= 15 is 0 Å². The van der Waals surface area contributed by atoms with E-state index in [0.717, 1.165) is 17.1 Å². The van der Waals surface area contributed by atoms with Crippen LogP contribution in [0.4, 0.5) is 0 Å². The molecule has 2 heterocycles. The van der Waals surface area contributed by atoms with Gasteiger partial charge in [-0.25, -0.2) is 4.79 Å². The smallest absolute Gasteiger partial charge is 0.342 e. The van der Waals surface area contributed by atoms with Crippen LogP contribution in [-0.2, 0) is 11.3 Å². The Labute approximate surface area is 157 Å². The van der Waals surface area contributed by atoms with Gasteiger partial charge in [0.25, 0.3) is 0 Å². The molecule has 0 amide bonds. The third kappa shape index (κ3) is 3.95. The highest BCUT2D eigenvalue weighted by Gasteiger charge is 2.19. The van der Waals surface area contributed by atoms with Crippen LogP contribution in [0.3, 0.4) is 0 Å². The number of furan rings is 1. The lowest BCUT2D eigenvalue weighted by atomic mass is 10.1. The molecular formula is C21H21NO5. The van der Waals surface area contributed by atoms with Gasteiger partial charge in [-0.1, -0.05) is 12.1 Å². The summed E-state index contributed by atoms with van der Waals surface area (Å²) in [7, 11) is 1.48. The highest BCUT2D eigenvalue weighted by atomic mass is 16.5. The fourth-order valence-corrected chi connectivity index (χ4v) is 2.98. The molecule has 6 heteroatoms. The number of esters is 1. The maximum Gasteiger partial charge on any atom is 0.342 e. The van der Waals surface area contributed by atoms with Gasteiger partial charge in [-0.05, 0) is 44.2 Å². The Hall–Kier alpha value is -3.28. The Morgan fingerprint density at radius 3 is 2.56 bits per heavy atom. The number of ketones is 1. The van der Waals surface area contributed by atoms with E-state index < -0.39 is 5.97 Å². The predicted molar refractivity (Wildman–Crippen MR) is 99.3 cm³/mol. The summed E-state index contributed by atoms with van der Waals surface area (Å²) < 4.78 is 17.7. The van der Waals surface area contributed by atoms with E-state index in [1.165, 1.54) is 7.11 Å². The summed E-state index contributed by atoms with van der Waals surface area (Å²) in [5.41, 5.74) is 2.56. The average Bonchev–Trinajstić information content (AvgIpc) is 3.29. The molecule has 0 aliphatic rings. The van der Waals surface area contributed by atoms with Crippen molar-refractivity contribution >= 4 is 11.8 Å². The summed E-state index contributed by atoms with van der Waals surface area (Å²) in [6, 6.07) is 12.2. The summed E-state index contributed by atoms with van der Waals surface area (Å²) in [5, 5.41) is 0. The van der Waals surface area contributed by atoms with Gasteiger partial charge < -0.3 is 18.5 Å². The van der Waals surface area contributed by atoms with E-state index in [4.69, 9.17) is 13.9 Å². The van der Waals surface area contributed by atoms with Gasteiger partial charge >= 0.3 is 5.97 Å². The molecule has 6 nitrogen and oxygen atoms in total. The van der Waals surface area contributed by atoms with Crippen LogP contribution in [0.2, 0.25) is 0 Å². The number of aryl methyl sites for hydroxylation is 1. The highest BCUT2D eigenvalue weighted by molar-refractivity contribution is 6.01. The quantitative estimate of drug-likeness (QED) is 0.469. The predicted octanol–water partition coefficient (Wildman–Crippen LogP) is 3.79. The van der Waals surface area contributed by atoms with Crippen molar-refractivity contribution in [2.45, 2.75) is 20.4 Å². The molecule has 0 saturated carbocycles. The van der Waals surface area contributed by atoms with E-state index in [-0.39, 0.29) is 18.0 Å². The summed E-state index contributed by atoms with van der Waals surface area (Å²) in [6.45, 7) is 4.00.